The van der Waals surface area contributed by atoms with Gasteiger partial charge < -0.3 is 9.47 Å². The highest BCUT2D eigenvalue weighted by Crippen LogP contribution is 2.20. The second kappa shape index (κ2) is 13.7. The highest BCUT2D eigenvalue weighted by atomic mass is 16.5. The first-order valence-corrected chi connectivity index (χ1v) is 10.8. The summed E-state index contributed by atoms with van der Waals surface area (Å²) >= 11 is 0. The molecule has 1 aromatic carbocycles. The molecule has 5 nitrogen and oxygen atoms in total. The van der Waals surface area contributed by atoms with Gasteiger partial charge in [0.2, 0.25) is 0 Å². The van der Waals surface area contributed by atoms with E-state index in [4.69, 9.17) is 14.7 Å². The van der Waals surface area contributed by atoms with Crippen LogP contribution < -0.4 is 4.74 Å². The monoisotopic (exact) mass is 395 g/mol. The predicted molar refractivity (Wildman–Crippen MR) is 116 cm³/mol. The highest BCUT2D eigenvalue weighted by Gasteiger charge is 2.06. The Bertz CT molecular complexity index is 723. The van der Waals surface area contributed by atoms with E-state index in [1.807, 2.05) is 43.6 Å². The van der Waals surface area contributed by atoms with Gasteiger partial charge in [0, 0.05) is 37.1 Å². The first-order chi connectivity index (χ1) is 14.3. The van der Waals surface area contributed by atoms with Gasteiger partial charge in [0.1, 0.15) is 5.75 Å². The normalized spacial score (nSPS) is 11.8. The Morgan fingerprint density at radius 3 is 2.34 bits per heavy atom. The third-order valence-electron chi connectivity index (χ3n) is 4.87. The summed E-state index contributed by atoms with van der Waals surface area (Å²) in [4.78, 5) is 8.99. The molecule has 0 saturated heterocycles. The van der Waals surface area contributed by atoms with Gasteiger partial charge in [0.25, 0.3) is 0 Å². The van der Waals surface area contributed by atoms with Crippen molar-refractivity contribution in [1.82, 2.24) is 9.97 Å². The fourth-order valence-electron chi connectivity index (χ4n) is 2.95. The first-order valence-electron chi connectivity index (χ1n) is 10.8. The van der Waals surface area contributed by atoms with Gasteiger partial charge in [-0.15, -0.1) is 0 Å². The van der Waals surface area contributed by atoms with Crippen molar-refractivity contribution in [2.45, 2.75) is 58.8 Å². The van der Waals surface area contributed by atoms with E-state index < -0.39 is 0 Å². The molecule has 2 aromatic rings. The van der Waals surface area contributed by atoms with Crippen molar-refractivity contribution in [3.8, 4) is 23.2 Å². The van der Waals surface area contributed by atoms with E-state index in [1.54, 1.807) is 0 Å². The Labute approximate surface area is 175 Å². The maximum Gasteiger partial charge on any atom is 0.159 e. The van der Waals surface area contributed by atoms with Gasteiger partial charge in [-0.05, 0) is 61.9 Å². The molecule has 0 aliphatic heterocycles. The minimum atomic E-state index is 0.0637. The van der Waals surface area contributed by atoms with E-state index in [9.17, 15) is 0 Å². The lowest BCUT2D eigenvalue weighted by Crippen LogP contribution is -2.04. The quantitative estimate of drug-likeness (QED) is 0.389. The SMILES string of the molecule is CCCCCOCCCc1cnc(-c2ccc(OCCC(C#N)CC)cc2)nc1. The van der Waals surface area contributed by atoms with Crippen LogP contribution in [0.15, 0.2) is 36.7 Å². The summed E-state index contributed by atoms with van der Waals surface area (Å²) in [5, 5.41) is 8.98. The van der Waals surface area contributed by atoms with Crippen molar-refractivity contribution >= 4 is 0 Å². The van der Waals surface area contributed by atoms with Gasteiger partial charge in [-0.3, -0.25) is 0 Å². The maximum atomic E-state index is 8.98. The zero-order chi connectivity index (χ0) is 20.7. The van der Waals surface area contributed by atoms with Crippen molar-refractivity contribution in [3.05, 3.63) is 42.2 Å². The van der Waals surface area contributed by atoms with Gasteiger partial charge in [-0.25, -0.2) is 9.97 Å². The number of ether oxygens (including phenoxy) is 2. The third-order valence-corrected chi connectivity index (χ3v) is 4.87. The number of benzene rings is 1. The van der Waals surface area contributed by atoms with Gasteiger partial charge >= 0.3 is 0 Å². The molecule has 0 N–H and O–H groups in total. The number of aromatic nitrogens is 2. The number of rotatable bonds is 14. The van der Waals surface area contributed by atoms with E-state index in [1.165, 1.54) is 12.8 Å². The molecule has 0 fully saturated rings. The molecule has 156 valence electrons. The first kappa shape index (κ1) is 22.8. The summed E-state index contributed by atoms with van der Waals surface area (Å²) in [5.74, 6) is 1.58. The van der Waals surface area contributed by atoms with E-state index in [0.29, 0.717) is 12.4 Å². The topological polar surface area (TPSA) is 68.0 Å². The molecular formula is C24H33N3O2. The summed E-state index contributed by atoms with van der Waals surface area (Å²) in [6.07, 6.45) is 11.0. The minimum Gasteiger partial charge on any atom is -0.494 e. The van der Waals surface area contributed by atoms with Gasteiger partial charge in [0.15, 0.2) is 5.82 Å². The lowest BCUT2D eigenvalue weighted by molar-refractivity contribution is 0.128. The van der Waals surface area contributed by atoms with Gasteiger partial charge in [-0.1, -0.05) is 26.7 Å². The van der Waals surface area contributed by atoms with Crippen LogP contribution in [0.5, 0.6) is 5.75 Å². The largest absolute Gasteiger partial charge is 0.494 e. The van der Waals surface area contributed by atoms with Crippen molar-refractivity contribution < 1.29 is 9.47 Å². The second-order valence-electron chi connectivity index (χ2n) is 7.23. The van der Waals surface area contributed by atoms with Crippen LogP contribution in [-0.4, -0.2) is 29.8 Å². The number of unbranched alkanes of at least 4 members (excludes halogenated alkanes) is 2. The fourth-order valence-corrected chi connectivity index (χ4v) is 2.95. The molecule has 1 unspecified atom stereocenters. The van der Waals surface area contributed by atoms with Crippen molar-refractivity contribution in [2.75, 3.05) is 19.8 Å². The Kier molecular flexibility index (Phi) is 10.8. The summed E-state index contributed by atoms with van der Waals surface area (Å²) in [6, 6.07) is 10.1. The molecule has 0 aliphatic rings. The average molecular weight is 396 g/mol. The van der Waals surface area contributed by atoms with Crippen molar-refractivity contribution in [2.24, 2.45) is 5.92 Å². The molecule has 1 atom stereocenters. The smallest absolute Gasteiger partial charge is 0.159 e. The Morgan fingerprint density at radius 2 is 1.69 bits per heavy atom. The van der Waals surface area contributed by atoms with Crippen LogP contribution in [0.2, 0.25) is 0 Å². The molecule has 1 aromatic heterocycles. The van der Waals surface area contributed by atoms with E-state index >= 15 is 0 Å². The lowest BCUT2D eigenvalue weighted by Gasteiger charge is -2.09. The van der Waals surface area contributed by atoms with E-state index in [-0.39, 0.29) is 5.92 Å². The molecule has 0 bridgehead atoms. The molecule has 0 saturated carbocycles. The van der Waals surface area contributed by atoms with Crippen LogP contribution in [0.25, 0.3) is 11.4 Å². The van der Waals surface area contributed by atoms with Crippen molar-refractivity contribution in [3.63, 3.8) is 0 Å². The molecule has 0 radical (unpaired) electrons. The molecule has 0 amide bonds. The standard InChI is InChI=1S/C24H33N3O2/c1-3-5-6-14-28-15-7-8-21-18-26-24(27-19-21)22-9-11-23(12-10-22)29-16-13-20(4-2)17-25/h9-12,18-20H,3-8,13-16H2,1-2H3. The summed E-state index contributed by atoms with van der Waals surface area (Å²) in [5.41, 5.74) is 2.10. The molecule has 1 heterocycles. The van der Waals surface area contributed by atoms with E-state index in [0.717, 1.165) is 62.2 Å². The number of nitrogens with zero attached hydrogens (tertiary/aromatic N) is 3. The molecule has 5 heteroatoms. The highest BCUT2D eigenvalue weighted by molar-refractivity contribution is 5.55. The summed E-state index contributed by atoms with van der Waals surface area (Å²) < 4.78 is 11.4. The fraction of sp³-hybridized carbons (Fsp3) is 0.542. The third kappa shape index (κ3) is 8.62. The number of aryl methyl sites for hydroxylation is 1. The van der Waals surface area contributed by atoms with E-state index in [2.05, 4.69) is 23.0 Å². The Balaban J connectivity index is 1.74. The number of nitriles is 1. The lowest BCUT2D eigenvalue weighted by atomic mass is 10.1. The maximum absolute atomic E-state index is 8.98. The Morgan fingerprint density at radius 1 is 0.966 bits per heavy atom. The van der Waals surface area contributed by atoms with Crippen LogP contribution in [-0.2, 0) is 11.2 Å². The second-order valence-corrected chi connectivity index (χ2v) is 7.23. The predicted octanol–water partition coefficient (Wildman–Crippen LogP) is 5.60. The van der Waals surface area contributed by atoms with Crippen LogP contribution in [0, 0.1) is 17.2 Å². The molecule has 29 heavy (non-hydrogen) atoms. The Hall–Kier alpha value is -2.45. The van der Waals surface area contributed by atoms with Gasteiger partial charge in [0.05, 0.1) is 12.7 Å². The molecule has 0 spiro atoms. The zero-order valence-electron chi connectivity index (χ0n) is 17.8. The van der Waals surface area contributed by atoms with Crippen molar-refractivity contribution in [1.29, 1.82) is 5.26 Å². The van der Waals surface area contributed by atoms with Crippen LogP contribution in [0.4, 0.5) is 0 Å². The number of hydrogen-bond acceptors (Lipinski definition) is 5. The minimum absolute atomic E-state index is 0.0637. The summed E-state index contributed by atoms with van der Waals surface area (Å²) in [7, 11) is 0. The summed E-state index contributed by atoms with van der Waals surface area (Å²) in [6.45, 7) is 6.43. The van der Waals surface area contributed by atoms with Crippen LogP contribution >= 0.6 is 0 Å². The number of hydrogen-bond donors (Lipinski definition) is 0. The van der Waals surface area contributed by atoms with Crippen LogP contribution in [0.3, 0.4) is 0 Å². The average Bonchev–Trinajstić information content (AvgIpc) is 2.77. The molecule has 2 rings (SSSR count). The zero-order valence-corrected chi connectivity index (χ0v) is 17.8. The molecule has 0 aliphatic carbocycles. The van der Waals surface area contributed by atoms with Gasteiger partial charge in [-0.2, -0.15) is 5.26 Å². The van der Waals surface area contributed by atoms with Crippen LogP contribution in [0.1, 0.15) is 57.9 Å². The molecular weight excluding hydrogens is 362 g/mol.